The third kappa shape index (κ3) is 7.52. The lowest BCUT2D eigenvalue weighted by atomic mass is 10.1. The van der Waals surface area contributed by atoms with Crippen molar-refractivity contribution in [2.24, 2.45) is 0 Å². The Labute approximate surface area is 179 Å². The number of phenolic OH excluding ortho intramolecular Hbond substituents is 1. The first-order valence-electron chi connectivity index (χ1n) is 9.31. The maximum Gasteiger partial charge on any atom is 0.331 e. The average Bonchev–Trinajstić information content (AvgIpc) is 2.80. The zero-order valence-corrected chi connectivity index (χ0v) is 17.2. The Balaban J connectivity index is 1.88. The normalized spacial score (nSPS) is 12.0. The van der Waals surface area contributed by atoms with Crippen molar-refractivity contribution in [3.8, 4) is 17.2 Å². The van der Waals surface area contributed by atoms with Crippen LogP contribution in [0.4, 0.5) is 0 Å². The van der Waals surface area contributed by atoms with Crippen molar-refractivity contribution in [2.45, 2.75) is 6.10 Å². The van der Waals surface area contributed by atoms with E-state index < -0.39 is 24.6 Å². The molecule has 164 valence electrons. The van der Waals surface area contributed by atoms with Crippen LogP contribution >= 0.6 is 0 Å². The lowest BCUT2D eigenvalue weighted by Crippen LogP contribution is -2.27. The van der Waals surface area contributed by atoms with Crippen LogP contribution in [0.1, 0.15) is 11.1 Å². The van der Waals surface area contributed by atoms with Crippen LogP contribution in [0, 0.1) is 0 Å². The first kappa shape index (κ1) is 23.5. The quantitative estimate of drug-likeness (QED) is 0.439. The second-order valence-corrected chi connectivity index (χ2v) is 6.22. The highest BCUT2D eigenvalue weighted by molar-refractivity contribution is 5.88. The minimum Gasteiger partial charge on any atom is -0.502 e. The average molecular weight is 428 g/mol. The van der Waals surface area contributed by atoms with E-state index in [-0.39, 0.29) is 23.9 Å². The maximum atomic E-state index is 12.0. The minimum atomic E-state index is -1.00. The second kappa shape index (κ2) is 12.0. The summed E-state index contributed by atoms with van der Waals surface area (Å²) in [6.07, 6.45) is 4.39. The van der Waals surface area contributed by atoms with Crippen LogP contribution < -0.4 is 9.47 Å². The number of benzene rings is 2. The third-order valence-electron chi connectivity index (χ3n) is 4.02. The van der Waals surface area contributed by atoms with E-state index in [1.807, 2.05) is 30.3 Å². The SMILES string of the molecule is COc1cc(C=CC(=O)OCC(CO)OC(=O)C=Cc2ccccc2)cc(OC)c1O. The van der Waals surface area contributed by atoms with Crippen LogP contribution in [0.2, 0.25) is 0 Å². The van der Waals surface area contributed by atoms with E-state index in [1.54, 1.807) is 6.08 Å². The smallest absolute Gasteiger partial charge is 0.331 e. The van der Waals surface area contributed by atoms with E-state index in [1.165, 1.54) is 38.5 Å². The summed E-state index contributed by atoms with van der Waals surface area (Å²) in [6, 6.07) is 12.2. The van der Waals surface area contributed by atoms with Gasteiger partial charge in [0.1, 0.15) is 6.61 Å². The lowest BCUT2D eigenvalue weighted by molar-refractivity contribution is -0.154. The molecule has 0 aliphatic rings. The van der Waals surface area contributed by atoms with Gasteiger partial charge in [-0.1, -0.05) is 30.3 Å². The molecule has 0 aliphatic carbocycles. The molecule has 0 saturated carbocycles. The molecular formula is C23H24O8. The Morgan fingerprint density at radius 1 is 0.935 bits per heavy atom. The molecule has 1 unspecified atom stereocenters. The Hall–Kier alpha value is -3.78. The van der Waals surface area contributed by atoms with Crippen LogP contribution in [-0.2, 0) is 19.1 Å². The summed E-state index contributed by atoms with van der Waals surface area (Å²) in [5.74, 6) is -1.16. The number of aliphatic hydroxyl groups excluding tert-OH is 1. The van der Waals surface area contributed by atoms with E-state index in [4.69, 9.17) is 18.9 Å². The molecule has 2 rings (SSSR count). The molecule has 0 aliphatic heterocycles. The molecule has 2 N–H and O–H groups in total. The maximum absolute atomic E-state index is 12.0. The first-order valence-corrected chi connectivity index (χ1v) is 9.31. The van der Waals surface area contributed by atoms with E-state index in [2.05, 4.69) is 0 Å². The number of aromatic hydroxyl groups is 1. The molecule has 0 fully saturated rings. The topological polar surface area (TPSA) is 112 Å². The summed E-state index contributed by atoms with van der Waals surface area (Å²) in [5, 5.41) is 19.3. The first-order chi connectivity index (χ1) is 15.0. The van der Waals surface area contributed by atoms with Crippen molar-refractivity contribution >= 4 is 24.1 Å². The fraction of sp³-hybridized carbons (Fsp3) is 0.217. The Morgan fingerprint density at radius 3 is 2.10 bits per heavy atom. The Kier molecular flexibility index (Phi) is 9.13. The zero-order valence-electron chi connectivity index (χ0n) is 17.2. The number of hydrogen-bond acceptors (Lipinski definition) is 8. The van der Waals surface area contributed by atoms with Gasteiger partial charge in [0.05, 0.1) is 20.8 Å². The fourth-order valence-electron chi connectivity index (χ4n) is 2.45. The summed E-state index contributed by atoms with van der Waals surface area (Å²) in [4.78, 5) is 23.8. The van der Waals surface area contributed by atoms with Gasteiger partial charge >= 0.3 is 11.9 Å². The van der Waals surface area contributed by atoms with E-state index in [9.17, 15) is 19.8 Å². The summed E-state index contributed by atoms with van der Waals surface area (Å²) >= 11 is 0. The molecule has 0 heterocycles. The van der Waals surface area contributed by atoms with Crippen LogP contribution in [0.3, 0.4) is 0 Å². The van der Waals surface area contributed by atoms with Gasteiger partial charge in [0.25, 0.3) is 0 Å². The number of carbonyl (C=O) groups is 2. The highest BCUT2D eigenvalue weighted by Gasteiger charge is 2.14. The molecule has 31 heavy (non-hydrogen) atoms. The number of carbonyl (C=O) groups excluding carboxylic acids is 2. The second-order valence-electron chi connectivity index (χ2n) is 6.22. The number of methoxy groups -OCH3 is 2. The number of hydrogen-bond donors (Lipinski definition) is 2. The van der Waals surface area contributed by atoms with Crippen molar-refractivity contribution < 1.29 is 38.7 Å². The van der Waals surface area contributed by atoms with Gasteiger partial charge in [-0.05, 0) is 35.4 Å². The predicted octanol–water partition coefficient (Wildman–Crippen LogP) is 2.58. The Bertz CT molecular complexity index is 909. The molecule has 0 aromatic heterocycles. The van der Waals surface area contributed by atoms with Gasteiger partial charge in [0.15, 0.2) is 17.6 Å². The van der Waals surface area contributed by atoms with Crippen LogP contribution in [0.15, 0.2) is 54.6 Å². The summed E-state index contributed by atoms with van der Waals surface area (Å²) in [6.45, 7) is -0.818. The van der Waals surface area contributed by atoms with Gasteiger partial charge < -0.3 is 29.2 Å². The van der Waals surface area contributed by atoms with Gasteiger partial charge in [0, 0.05) is 12.2 Å². The molecule has 2 aromatic carbocycles. The Morgan fingerprint density at radius 2 is 1.52 bits per heavy atom. The van der Waals surface area contributed by atoms with Crippen LogP contribution in [0.25, 0.3) is 12.2 Å². The van der Waals surface area contributed by atoms with Gasteiger partial charge in [-0.3, -0.25) is 0 Å². The number of esters is 2. The fourth-order valence-corrected chi connectivity index (χ4v) is 2.45. The summed E-state index contributed by atoms with van der Waals surface area (Å²) in [7, 11) is 2.78. The van der Waals surface area contributed by atoms with Crippen LogP contribution in [0.5, 0.6) is 17.2 Å². The molecule has 8 heteroatoms. The zero-order chi connectivity index (χ0) is 22.6. The molecule has 0 spiro atoms. The summed E-state index contributed by atoms with van der Waals surface area (Å²) < 4.78 is 20.2. The lowest BCUT2D eigenvalue weighted by Gasteiger charge is -2.14. The predicted molar refractivity (Wildman–Crippen MR) is 114 cm³/mol. The molecule has 0 bridgehead atoms. The molecule has 2 aromatic rings. The minimum absolute atomic E-state index is 0.154. The highest BCUT2D eigenvalue weighted by Crippen LogP contribution is 2.37. The van der Waals surface area contributed by atoms with E-state index >= 15 is 0 Å². The monoisotopic (exact) mass is 428 g/mol. The standard InChI is InChI=1S/C23H24O8/c1-28-19-12-17(13-20(29-2)23(19)27)9-10-21(25)30-15-18(14-24)31-22(26)11-8-16-6-4-3-5-7-16/h3-13,18,24,27H,14-15H2,1-2H3. The molecule has 1 atom stereocenters. The van der Waals surface area contributed by atoms with Crippen molar-refractivity contribution in [1.82, 2.24) is 0 Å². The van der Waals surface area contributed by atoms with E-state index in [0.717, 1.165) is 11.6 Å². The van der Waals surface area contributed by atoms with Gasteiger partial charge in [0.2, 0.25) is 5.75 Å². The van der Waals surface area contributed by atoms with Crippen molar-refractivity contribution in [3.63, 3.8) is 0 Å². The number of phenols is 1. The van der Waals surface area contributed by atoms with E-state index in [0.29, 0.717) is 5.56 Å². The number of rotatable bonds is 10. The highest BCUT2D eigenvalue weighted by atomic mass is 16.6. The van der Waals surface area contributed by atoms with Crippen molar-refractivity contribution in [1.29, 1.82) is 0 Å². The molecule has 0 amide bonds. The largest absolute Gasteiger partial charge is 0.502 e. The number of ether oxygens (including phenoxy) is 4. The molecule has 0 saturated heterocycles. The van der Waals surface area contributed by atoms with Gasteiger partial charge in [-0.25, -0.2) is 9.59 Å². The summed E-state index contributed by atoms with van der Waals surface area (Å²) in [5.41, 5.74) is 1.35. The molecular weight excluding hydrogens is 404 g/mol. The molecule has 8 nitrogen and oxygen atoms in total. The van der Waals surface area contributed by atoms with Crippen molar-refractivity contribution in [2.75, 3.05) is 27.4 Å². The van der Waals surface area contributed by atoms with Gasteiger partial charge in [-0.2, -0.15) is 0 Å². The number of aliphatic hydroxyl groups is 1. The van der Waals surface area contributed by atoms with Gasteiger partial charge in [-0.15, -0.1) is 0 Å². The van der Waals surface area contributed by atoms with Crippen LogP contribution in [-0.4, -0.2) is 55.7 Å². The van der Waals surface area contributed by atoms with Crippen molar-refractivity contribution in [3.05, 3.63) is 65.7 Å². The third-order valence-corrected chi connectivity index (χ3v) is 4.02. The molecule has 0 radical (unpaired) electrons.